The molecule has 0 unspecified atom stereocenters. The average Bonchev–Trinajstić information content (AvgIpc) is 2.56. The molecule has 0 saturated carbocycles. The zero-order valence-corrected chi connectivity index (χ0v) is 13.2. The van der Waals surface area contributed by atoms with Crippen LogP contribution in [0, 0.1) is 6.92 Å². The zero-order chi connectivity index (χ0) is 15.6. The van der Waals surface area contributed by atoms with Crippen molar-refractivity contribution in [2.45, 2.75) is 30.6 Å². The van der Waals surface area contributed by atoms with Gasteiger partial charge in [-0.3, -0.25) is 4.98 Å². The van der Waals surface area contributed by atoms with Gasteiger partial charge in [0.05, 0.1) is 0 Å². The molecule has 0 radical (unpaired) electrons. The third-order valence-corrected chi connectivity index (χ3v) is 5.82. The van der Waals surface area contributed by atoms with Crippen LogP contribution in [0.4, 0.5) is 0 Å². The second-order valence-corrected chi connectivity index (χ2v) is 7.33. The van der Waals surface area contributed by atoms with Crippen LogP contribution in [-0.4, -0.2) is 40.8 Å². The summed E-state index contributed by atoms with van der Waals surface area (Å²) < 4.78 is 26.6. The van der Waals surface area contributed by atoms with E-state index in [0.717, 1.165) is 24.4 Å². The van der Waals surface area contributed by atoms with E-state index in [1.54, 1.807) is 24.5 Å². The fourth-order valence-corrected chi connectivity index (χ4v) is 4.18. The summed E-state index contributed by atoms with van der Waals surface area (Å²) in [5.74, 6) is 1.05. The van der Waals surface area contributed by atoms with Crippen molar-refractivity contribution in [2.24, 2.45) is 0 Å². The van der Waals surface area contributed by atoms with E-state index in [-0.39, 0.29) is 4.90 Å². The summed E-state index contributed by atoms with van der Waals surface area (Å²) in [5.41, 5.74) is 1.01. The predicted octanol–water partition coefficient (Wildman–Crippen LogP) is 1.75. The van der Waals surface area contributed by atoms with Gasteiger partial charge in [-0.15, -0.1) is 0 Å². The SMILES string of the molecule is Cc1nccc(C2CCN(S(=O)(=O)c3cccnc3)CC2)n1. The van der Waals surface area contributed by atoms with E-state index in [2.05, 4.69) is 15.0 Å². The Hall–Kier alpha value is -1.86. The van der Waals surface area contributed by atoms with Crippen LogP contribution in [0.2, 0.25) is 0 Å². The van der Waals surface area contributed by atoms with Crippen molar-refractivity contribution >= 4 is 10.0 Å². The van der Waals surface area contributed by atoms with Gasteiger partial charge in [0.25, 0.3) is 0 Å². The van der Waals surface area contributed by atoms with Crippen LogP contribution in [0.15, 0.2) is 41.7 Å². The van der Waals surface area contributed by atoms with Crippen LogP contribution in [0.25, 0.3) is 0 Å². The molecule has 1 aliphatic heterocycles. The Balaban J connectivity index is 1.72. The number of aromatic nitrogens is 3. The first-order valence-corrected chi connectivity index (χ1v) is 8.71. The van der Waals surface area contributed by atoms with Crippen LogP contribution in [0.1, 0.15) is 30.3 Å². The van der Waals surface area contributed by atoms with Gasteiger partial charge in [0.2, 0.25) is 10.0 Å². The molecule has 1 saturated heterocycles. The van der Waals surface area contributed by atoms with E-state index in [1.165, 1.54) is 10.5 Å². The molecule has 3 heterocycles. The van der Waals surface area contributed by atoms with Gasteiger partial charge in [0, 0.05) is 43.3 Å². The maximum Gasteiger partial charge on any atom is 0.244 e. The Bertz CT molecular complexity index is 741. The minimum absolute atomic E-state index is 0.256. The van der Waals surface area contributed by atoms with E-state index < -0.39 is 10.0 Å². The monoisotopic (exact) mass is 318 g/mol. The standard InChI is InChI=1S/C15H18N4O2S/c1-12-17-8-4-15(18-12)13-5-9-19(10-6-13)22(20,21)14-3-2-7-16-11-14/h2-4,7-8,11,13H,5-6,9-10H2,1H3. The molecule has 0 aromatic carbocycles. The maximum absolute atomic E-state index is 12.5. The second kappa shape index (κ2) is 6.10. The Morgan fingerprint density at radius 3 is 2.59 bits per heavy atom. The highest BCUT2D eigenvalue weighted by molar-refractivity contribution is 7.89. The summed E-state index contributed by atoms with van der Waals surface area (Å²) in [6, 6.07) is 5.15. The Morgan fingerprint density at radius 1 is 1.18 bits per heavy atom. The lowest BCUT2D eigenvalue weighted by atomic mass is 9.94. The number of nitrogens with zero attached hydrogens (tertiary/aromatic N) is 4. The highest BCUT2D eigenvalue weighted by Crippen LogP contribution is 2.29. The van der Waals surface area contributed by atoms with Crippen molar-refractivity contribution in [1.29, 1.82) is 0 Å². The molecule has 1 aliphatic rings. The predicted molar refractivity (Wildman–Crippen MR) is 81.7 cm³/mol. The third-order valence-electron chi connectivity index (χ3n) is 3.94. The maximum atomic E-state index is 12.5. The summed E-state index contributed by atoms with van der Waals surface area (Å²) in [6.45, 7) is 2.88. The van der Waals surface area contributed by atoms with Crippen molar-refractivity contribution in [3.05, 3.63) is 48.3 Å². The van der Waals surface area contributed by atoms with E-state index in [4.69, 9.17) is 0 Å². The molecule has 1 fully saturated rings. The largest absolute Gasteiger partial charge is 0.263 e. The lowest BCUT2D eigenvalue weighted by Crippen LogP contribution is -2.38. The van der Waals surface area contributed by atoms with Gasteiger partial charge in [-0.05, 0) is 38.0 Å². The summed E-state index contributed by atoms with van der Waals surface area (Å²) in [7, 11) is -3.44. The molecule has 22 heavy (non-hydrogen) atoms. The first kappa shape index (κ1) is 15.1. The number of hydrogen-bond acceptors (Lipinski definition) is 5. The molecule has 6 nitrogen and oxygen atoms in total. The lowest BCUT2D eigenvalue weighted by Gasteiger charge is -2.30. The van der Waals surface area contributed by atoms with E-state index in [9.17, 15) is 8.42 Å². The van der Waals surface area contributed by atoms with Gasteiger partial charge in [0.1, 0.15) is 10.7 Å². The molecular weight excluding hydrogens is 300 g/mol. The average molecular weight is 318 g/mol. The number of sulfonamides is 1. The number of aryl methyl sites for hydroxylation is 1. The first-order chi connectivity index (χ1) is 10.6. The van der Waals surface area contributed by atoms with Crippen LogP contribution >= 0.6 is 0 Å². The summed E-state index contributed by atoms with van der Waals surface area (Å²) >= 11 is 0. The minimum atomic E-state index is -3.44. The number of rotatable bonds is 3. The smallest absolute Gasteiger partial charge is 0.244 e. The van der Waals surface area contributed by atoms with Crippen LogP contribution in [0.5, 0.6) is 0 Å². The van der Waals surface area contributed by atoms with E-state index in [0.29, 0.717) is 19.0 Å². The lowest BCUT2D eigenvalue weighted by molar-refractivity contribution is 0.316. The van der Waals surface area contributed by atoms with Crippen molar-refractivity contribution < 1.29 is 8.42 Å². The Morgan fingerprint density at radius 2 is 1.95 bits per heavy atom. The second-order valence-electron chi connectivity index (χ2n) is 5.40. The molecule has 2 aromatic rings. The fourth-order valence-electron chi connectivity index (χ4n) is 2.74. The highest BCUT2D eigenvalue weighted by atomic mass is 32.2. The number of piperidine rings is 1. The molecule has 0 N–H and O–H groups in total. The molecule has 0 bridgehead atoms. The molecule has 0 spiro atoms. The molecule has 7 heteroatoms. The van der Waals surface area contributed by atoms with Crippen molar-refractivity contribution in [3.63, 3.8) is 0 Å². The molecule has 3 rings (SSSR count). The first-order valence-electron chi connectivity index (χ1n) is 7.27. The minimum Gasteiger partial charge on any atom is -0.263 e. The van der Waals surface area contributed by atoms with Gasteiger partial charge in [-0.1, -0.05) is 0 Å². The Kier molecular flexibility index (Phi) is 4.17. The highest BCUT2D eigenvalue weighted by Gasteiger charge is 2.30. The van der Waals surface area contributed by atoms with Crippen LogP contribution in [0.3, 0.4) is 0 Å². The van der Waals surface area contributed by atoms with Gasteiger partial charge < -0.3 is 0 Å². The van der Waals surface area contributed by atoms with Crippen molar-refractivity contribution in [2.75, 3.05) is 13.1 Å². The van der Waals surface area contributed by atoms with E-state index in [1.807, 2.05) is 13.0 Å². The van der Waals surface area contributed by atoms with Crippen LogP contribution < -0.4 is 0 Å². The topological polar surface area (TPSA) is 76.1 Å². The van der Waals surface area contributed by atoms with Gasteiger partial charge in [0.15, 0.2) is 0 Å². The molecule has 2 aromatic heterocycles. The molecule has 0 atom stereocenters. The fraction of sp³-hybridized carbons (Fsp3) is 0.400. The van der Waals surface area contributed by atoms with Gasteiger partial charge in [-0.2, -0.15) is 4.31 Å². The summed E-state index contributed by atoms with van der Waals surface area (Å²) in [4.78, 5) is 12.7. The zero-order valence-electron chi connectivity index (χ0n) is 12.4. The van der Waals surface area contributed by atoms with E-state index >= 15 is 0 Å². The molecule has 0 amide bonds. The normalized spacial score (nSPS) is 17.5. The Labute approximate surface area is 130 Å². The van der Waals surface area contributed by atoms with Gasteiger partial charge in [-0.25, -0.2) is 18.4 Å². The quantitative estimate of drug-likeness (QED) is 0.862. The van der Waals surface area contributed by atoms with Gasteiger partial charge >= 0.3 is 0 Å². The summed E-state index contributed by atoms with van der Waals surface area (Å²) in [6.07, 6.45) is 6.28. The van der Waals surface area contributed by atoms with Crippen molar-refractivity contribution in [1.82, 2.24) is 19.3 Å². The van der Waals surface area contributed by atoms with Crippen LogP contribution in [-0.2, 0) is 10.0 Å². The van der Waals surface area contributed by atoms with Crippen molar-refractivity contribution in [3.8, 4) is 0 Å². The molecular formula is C15H18N4O2S. The molecule has 116 valence electrons. The summed E-state index contributed by atoms with van der Waals surface area (Å²) in [5, 5.41) is 0. The number of pyridine rings is 1. The molecule has 0 aliphatic carbocycles. The number of hydrogen-bond donors (Lipinski definition) is 0. The third kappa shape index (κ3) is 3.00.